The topological polar surface area (TPSA) is 101 Å². The number of anilines is 1. The molecule has 0 aliphatic heterocycles. The van der Waals surface area contributed by atoms with E-state index in [4.69, 9.17) is 10.2 Å². The molecule has 1 saturated carbocycles. The fraction of sp³-hybridized carbons (Fsp3) is 0.333. The zero-order chi connectivity index (χ0) is 12.7. The maximum Gasteiger partial charge on any atom is 0.417 e. The first-order valence-corrected chi connectivity index (χ1v) is 5.81. The average molecular weight is 247 g/mol. The minimum absolute atomic E-state index is 0.000837. The molecule has 0 atom stereocenters. The second-order valence-electron chi connectivity index (χ2n) is 4.64. The van der Waals surface area contributed by atoms with Gasteiger partial charge in [-0.1, -0.05) is 0 Å². The highest BCUT2D eigenvalue weighted by Crippen LogP contribution is 2.27. The predicted molar refractivity (Wildman–Crippen MR) is 66.2 cm³/mol. The van der Waals surface area contributed by atoms with Gasteiger partial charge in [0, 0.05) is 17.6 Å². The minimum atomic E-state index is -0.501. The van der Waals surface area contributed by atoms with E-state index in [1.165, 1.54) is 0 Å². The number of nitrogens with two attached hydrogens (primary N) is 1. The Morgan fingerprint density at radius 3 is 2.94 bits per heavy atom. The number of amides is 1. The van der Waals surface area contributed by atoms with Crippen molar-refractivity contribution in [1.29, 1.82) is 0 Å². The summed E-state index contributed by atoms with van der Waals surface area (Å²) in [5.74, 6) is -0.528. The molecule has 1 aliphatic rings. The summed E-state index contributed by atoms with van der Waals surface area (Å²) in [6.07, 6.45) is 1.47. The number of fused-ring (bicyclic) bond motifs is 1. The molecular weight excluding hydrogens is 234 g/mol. The maximum atomic E-state index is 11.8. The first-order chi connectivity index (χ1) is 8.61. The van der Waals surface area contributed by atoms with Crippen LogP contribution in [0.15, 0.2) is 27.4 Å². The molecule has 94 valence electrons. The van der Waals surface area contributed by atoms with Crippen LogP contribution < -0.4 is 16.8 Å². The molecule has 3 rings (SSSR count). The van der Waals surface area contributed by atoms with Crippen molar-refractivity contribution in [3.8, 4) is 0 Å². The minimum Gasteiger partial charge on any atom is -0.408 e. The SMILES string of the molecule is NC1CC(C(=O)Nc2ccc3oc(=O)[nH]c3c2)C1. The molecular formula is C12H13N3O3. The molecule has 1 aromatic carbocycles. The third kappa shape index (κ3) is 1.91. The molecule has 1 aliphatic carbocycles. The van der Waals surface area contributed by atoms with Gasteiger partial charge in [0.25, 0.3) is 0 Å². The van der Waals surface area contributed by atoms with E-state index in [1.54, 1.807) is 18.2 Å². The van der Waals surface area contributed by atoms with Gasteiger partial charge < -0.3 is 15.5 Å². The molecule has 6 nitrogen and oxygen atoms in total. The summed E-state index contributed by atoms with van der Waals surface area (Å²) in [4.78, 5) is 25.4. The molecule has 1 aromatic heterocycles. The fourth-order valence-corrected chi connectivity index (χ4v) is 2.15. The van der Waals surface area contributed by atoms with Crippen molar-refractivity contribution < 1.29 is 9.21 Å². The van der Waals surface area contributed by atoms with E-state index in [-0.39, 0.29) is 17.9 Å². The number of oxazole rings is 1. The van der Waals surface area contributed by atoms with Crippen molar-refractivity contribution in [1.82, 2.24) is 4.98 Å². The molecule has 1 amide bonds. The van der Waals surface area contributed by atoms with Gasteiger partial charge in [0.2, 0.25) is 5.91 Å². The van der Waals surface area contributed by atoms with Crippen LogP contribution >= 0.6 is 0 Å². The van der Waals surface area contributed by atoms with Crippen LogP contribution in [0.25, 0.3) is 11.1 Å². The van der Waals surface area contributed by atoms with Gasteiger partial charge in [-0.3, -0.25) is 9.78 Å². The van der Waals surface area contributed by atoms with Crippen molar-refractivity contribution >= 4 is 22.7 Å². The van der Waals surface area contributed by atoms with Gasteiger partial charge in [-0.05, 0) is 31.0 Å². The molecule has 1 fully saturated rings. The van der Waals surface area contributed by atoms with Crippen molar-refractivity contribution in [2.24, 2.45) is 11.7 Å². The lowest BCUT2D eigenvalue weighted by Crippen LogP contribution is -2.42. The molecule has 2 aromatic rings. The Morgan fingerprint density at radius 2 is 2.22 bits per heavy atom. The number of hydrogen-bond donors (Lipinski definition) is 3. The van der Waals surface area contributed by atoms with Crippen LogP contribution in [0.5, 0.6) is 0 Å². The van der Waals surface area contributed by atoms with Gasteiger partial charge in [0.15, 0.2) is 5.58 Å². The Balaban J connectivity index is 1.78. The molecule has 6 heteroatoms. The lowest BCUT2D eigenvalue weighted by Gasteiger charge is -2.31. The Labute approximate surface area is 102 Å². The number of hydrogen-bond acceptors (Lipinski definition) is 4. The summed E-state index contributed by atoms with van der Waals surface area (Å²) < 4.78 is 4.88. The van der Waals surface area contributed by atoms with Crippen molar-refractivity contribution in [3.63, 3.8) is 0 Å². The summed E-state index contributed by atoms with van der Waals surface area (Å²) >= 11 is 0. The fourth-order valence-electron chi connectivity index (χ4n) is 2.15. The maximum absolute atomic E-state index is 11.8. The molecule has 0 bridgehead atoms. The third-order valence-corrected chi connectivity index (χ3v) is 3.23. The van der Waals surface area contributed by atoms with Crippen LogP contribution in [0.2, 0.25) is 0 Å². The van der Waals surface area contributed by atoms with Crippen LogP contribution in [0.3, 0.4) is 0 Å². The number of rotatable bonds is 2. The third-order valence-electron chi connectivity index (χ3n) is 3.23. The number of carbonyl (C=O) groups is 1. The van der Waals surface area contributed by atoms with E-state index in [0.717, 1.165) is 12.8 Å². The van der Waals surface area contributed by atoms with Gasteiger partial charge >= 0.3 is 5.76 Å². The largest absolute Gasteiger partial charge is 0.417 e. The van der Waals surface area contributed by atoms with Crippen molar-refractivity contribution in [2.45, 2.75) is 18.9 Å². The van der Waals surface area contributed by atoms with Crippen LogP contribution in [-0.4, -0.2) is 16.9 Å². The standard InChI is InChI=1S/C12H13N3O3/c13-7-3-6(4-7)11(16)14-8-1-2-10-9(5-8)15-12(17)18-10/h1-2,5-7H,3-4,13H2,(H,14,16)(H,15,17). The van der Waals surface area contributed by atoms with Gasteiger partial charge in [0.05, 0.1) is 5.52 Å². The highest BCUT2D eigenvalue weighted by molar-refractivity contribution is 5.94. The smallest absolute Gasteiger partial charge is 0.408 e. The number of H-pyrrole nitrogens is 1. The normalized spacial score (nSPS) is 22.7. The summed E-state index contributed by atoms with van der Waals surface area (Å²) in [7, 11) is 0. The number of nitrogens with one attached hydrogen (secondary N) is 2. The summed E-state index contributed by atoms with van der Waals surface area (Å²) in [6, 6.07) is 5.18. The van der Waals surface area contributed by atoms with E-state index < -0.39 is 5.76 Å². The van der Waals surface area contributed by atoms with E-state index in [2.05, 4.69) is 10.3 Å². The quantitative estimate of drug-likeness (QED) is 0.730. The molecule has 18 heavy (non-hydrogen) atoms. The van der Waals surface area contributed by atoms with Gasteiger partial charge in [-0.15, -0.1) is 0 Å². The molecule has 0 unspecified atom stereocenters. The first-order valence-electron chi connectivity index (χ1n) is 5.81. The second kappa shape index (κ2) is 3.99. The Morgan fingerprint density at radius 1 is 1.44 bits per heavy atom. The van der Waals surface area contributed by atoms with Gasteiger partial charge in [0.1, 0.15) is 0 Å². The number of benzene rings is 1. The van der Waals surface area contributed by atoms with Crippen molar-refractivity contribution in [2.75, 3.05) is 5.32 Å². The van der Waals surface area contributed by atoms with Crippen LogP contribution in [0, 0.1) is 5.92 Å². The summed E-state index contributed by atoms with van der Waals surface area (Å²) in [5.41, 5.74) is 7.34. The molecule has 1 heterocycles. The first kappa shape index (κ1) is 11.0. The van der Waals surface area contributed by atoms with Crippen LogP contribution in [0.4, 0.5) is 5.69 Å². The number of carbonyl (C=O) groups excluding carboxylic acids is 1. The highest BCUT2D eigenvalue weighted by atomic mass is 16.4. The summed E-state index contributed by atoms with van der Waals surface area (Å²) in [6.45, 7) is 0. The lowest BCUT2D eigenvalue weighted by molar-refractivity contribution is -0.122. The number of aromatic nitrogens is 1. The Bertz CT molecular complexity index is 652. The molecule has 4 N–H and O–H groups in total. The monoisotopic (exact) mass is 247 g/mol. The van der Waals surface area contributed by atoms with Crippen LogP contribution in [-0.2, 0) is 4.79 Å². The molecule has 0 radical (unpaired) electrons. The number of aromatic amines is 1. The van der Waals surface area contributed by atoms with Gasteiger partial charge in [-0.2, -0.15) is 0 Å². The van der Waals surface area contributed by atoms with Crippen LogP contribution in [0.1, 0.15) is 12.8 Å². The zero-order valence-corrected chi connectivity index (χ0v) is 9.60. The second-order valence-corrected chi connectivity index (χ2v) is 4.64. The highest BCUT2D eigenvalue weighted by Gasteiger charge is 2.31. The van der Waals surface area contributed by atoms with E-state index in [9.17, 15) is 9.59 Å². The van der Waals surface area contributed by atoms with E-state index in [0.29, 0.717) is 16.8 Å². The molecule has 0 saturated heterocycles. The molecule has 0 spiro atoms. The van der Waals surface area contributed by atoms with Gasteiger partial charge in [-0.25, -0.2) is 4.79 Å². The Kier molecular flexibility index (Phi) is 2.45. The Hall–Kier alpha value is -2.08. The average Bonchev–Trinajstić information content (AvgIpc) is 2.64. The van der Waals surface area contributed by atoms with E-state index in [1.807, 2.05) is 0 Å². The summed E-state index contributed by atoms with van der Waals surface area (Å²) in [5, 5.41) is 2.81. The zero-order valence-electron chi connectivity index (χ0n) is 9.60. The predicted octanol–water partition coefficient (Wildman–Crippen LogP) is 0.797. The van der Waals surface area contributed by atoms with E-state index >= 15 is 0 Å². The lowest BCUT2D eigenvalue weighted by atomic mass is 9.80. The van der Waals surface area contributed by atoms with Crippen molar-refractivity contribution in [3.05, 3.63) is 28.7 Å².